The molecule has 1 amide bonds. The van der Waals surface area contributed by atoms with Crippen molar-refractivity contribution in [3.63, 3.8) is 0 Å². The Morgan fingerprint density at radius 2 is 1.96 bits per heavy atom. The molecule has 0 aliphatic carbocycles. The summed E-state index contributed by atoms with van der Waals surface area (Å²) < 4.78 is 20.1. The number of benzene rings is 1. The Kier molecular flexibility index (Phi) is 6.53. The average molecular weight is 410 g/mol. The van der Waals surface area contributed by atoms with Crippen molar-refractivity contribution in [1.82, 2.24) is 9.13 Å². The number of rotatable bonds is 5. The van der Waals surface area contributed by atoms with Crippen molar-refractivity contribution in [1.29, 1.82) is 0 Å². The smallest absolute Gasteiger partial charge is 0.331 e. The topological polar surface area (TPSA) is 99.4 Å². The molecule has 1 atom stereocenters. The second-order valence-electron chi connectivity index (χ2n) is 5.87. The minimum atomic E-state index is -1.18. The summed E-state index contributed by atoms with van der Waals surface area (Å²) in [6.45, 7) is 1.34. The highest BCUT2D eigenvalue weighted by Gasteiger charge is 2.18. The van der Waals surface area contributed by atoms with Gasteiger partial charge in [0, 0.05) is 26.4 Å². The molecule has 1 unspecified atom stereocenters. The van der Waals surface area contributed by atoms with Gasteiger partial charge in [-0.15, -0.1) is 0 Å². The van der Waals surface area contributed by atoms with Crippen LogP contribution in [0.4, 0.5) is 10.1 Å². The molecule has 2 rings (SSSR count). The molecule has 1 N–H and O–H groups in total. The van der Waals surface area contributed by atoms with Crippen LogP contribution in [0, 0.1) is 5.82 Å². The van der Waals surface area contributed by atoms with Crippen LogP contribution < -0.4 is 16.6 Å². The lowest BCUT2D eigenvalue weighted by Gasteiger charge is -2.13. The van der Waals surface area contributed by atoms with Gasteiger partial charge in [0.2, 0.25) is 0 Å². The first-order valence-electron chi connectivity index (χ1n) is 8.01. The summed E-state index contributed by atoms with van der Waals surface area (Å²) in [5, 5.41) is 2.41. The minimum absolute atomic E-state index is 0.00249. The fraction of sp³-hybridized carbons (Fsp3) is 0.222. The lowest BCUT2D eigenvalue weighted by atomic mass is 10.3. The van der Waals surface area contributed by atoms with Crippen molar-refractivity contribution in [2.75, 3.05) is 5.32 Å². The van der Waals surface area contributed by atoms with E-state index < -0.39 is 35.0 Å². The number of aryl methyl sites for hydroxylation is 1. The van der Waals surface area contributed by atoms with Crippen LogP contribution in [0.3, 0.4) is 0 Å². The summed E-state index contributed by atoms with van der Waals surface area (Å²) in [6, 6.07) is 3.43. The number of aromatic nitrogens is 2. The fourth-order valence-electron chi connectivity index (χ4n) is 2.20. The maximum absolute atomic E-state index is 13.0. The highest BCUT2D eigenvalue weighted by atomic mass is 35.5. The highest BCUT2D eigenvalue weighted by Crippen LogP contribution is 2.22. The zero-order valence-corrected chi connectivity index (χ0v) is 16.0. The number of hydrogen-bond acceptors (Lipinski definition) is 5. The molecular weight excluding hydrogens is 393 g/mol. The number of ether oxygens (including phenoxy) is 1. The Balaban J connectivity index is 2.04. The van der Waals surface area contributed by atoms with Crippen molar-refractivity contribution in [3.8, 4) is 0 Å². The van der Waals surface area contributed by atoms with E-state index in [2.05, 4.69) is 5.32 Å². The van der Waals surface area contributed by atoms with Gasteiger partial charge in [-0.05, 0) is 31.2 Å². The van der Waals surface area contributed by atoms with Crippen LogP contribution in [0.5, 0.6) is 0 Å². The molecular formula is C18H17ClFN3O5. The first kappa shape index (κ1) is 21.1. The minimum Gasteiger partial charge on any atom is -0.449 e. The first-order chi connectivity index (χ1) is 13.1. The zero-order valence-electron chi connectivity index (χ0n) is 15.2. The number of hydrogen-bond donors (Lipinski definition) is 1. The monoisotopic (exact) mass is 409 g/mol. The molecule has 28 heavy (non-hydrogen) atoms. The number of nitrogens with one attached hydrogen (secondary N) is 1. The quantitative estimate of drug-likeness (QED) is 0.595. The van der Waals surface area contributed by atoms with Gasteiger partial charge in [-0.25, -0.2) is 14.0 Å². The van der Waals surface area contributed by atoms with Gasteiger partial charge in [0.1, 0.15) is 5.82 Å². The van der Waals surface area contributed by atoms with Gasteiger partial charge in [0.15, 0.2) is 6.10 Å². The average Bonchev–Trinajstić information content (AvgIpc) is 2.64. The van der Waals surface area contributed by atoms with Crippen molar-refractivity contribution in [2.24, 2.45) is 14.1 Å². The number of anilines is 1. The van der Waals surface area contributed by atoms with E-state index in [1.807, 2.05) is 0 Å². The van der Waals surface area contributed by atoms with Gasteiger partial charge in [-0.2, -0.15) is 0 Å². The van der Waals surface area contributed by atoms with E-state index in [0.717, 1.165) is 22.8 Å². The lowest BCUT2D eigenvalue weighted by Crippen LogP contribution is -2.37. The third-order valence-electron chi connectivity index (χ3n) is 3.72. The maximum atomic E-state index is 13.0. The molecule has 2 aromatic rings. The molecule has 1 aromatic heterocycles. The van der Waals surface area contributed by atoms with Crippen LogP contribution in [0.1, 0.15) is 12.5 Å². The number of carbonyl (C=O) groups excluding carboxylic acids is 2. The molecule has 0 saturated heterocycles. The molecule has 10 heteroatoms. The number of esters is 1. The van der Waals surface area contributed by atoms with Gasteiger partial charge in [0.05, 0.1) is 16.3 Å². The van der Waals surface area contributed by atoms with Crippen LogP contribution in [0.15, 0.2) is 40.1 Å². The normalized spacial score (nSPS) is 12.0. The zero-order chi connectivity index (χ0) is 21.0. The molecule has 0 radical (unpaired) electrons. The summed E-state index contributed by atoms with van der Waals surface area (Å²) in [5.74, 6) is -2.10. The van der Waals surface area contributed by atoms with Crippen LogP contribution >= 0.6 is 11.6 Å². The van der Waals surface area contributed by atoms with E-state index in [0.29, 0.717) is 0 Å². The van der Waals surface area contributed by atoms with Crippen molar-refractivity contribution >= 4 is 35.2 Å². The summed E-state index contributed by atoms with van der Waals surface area (Å²) in [7, 11) is 2.78. The molecule has 8 nitrogen and oxygen atoms in total. The second-order valence-corrected chi connectivity index (χ2v) is 6.28. The predicted octanol–water partition coefficient (Wildman–Crippen LogP) is 1.46. The predicted molar refractivity (Wildman–Crippen MR) is 102 cm³/mol. The van der Waals surface area contributed by atoms with E-state index in [4.69, 9.17) is 16.3 Å². The Hall–Kier alpha value is -3.20. The molecule has 1 aromatic carbocycles. The number of amides is 1. The Labute approximate surface area is 163 Å². The Morgan fingerprint density at radius 1 is 1.29 bits per heavy atom. The van der Waals surface area contributed by atoms with E-state index in [1.54, 1.807) is 0 Å². The van der Waals surface area contributed by atoms with Crippen LogP contribution in [0.25, 0.3) is 6.08 Å². The molecule has 0 fully saturated rings. The third-order valence-corrected chi connectivity index (χ3v) is 4.04. The molecule has 0 aliphatic rings. The molecule has 0 bridgehead atoms. The van der Waals surface area contributed by atoms with Crippen molar-refractivity contribution < 1.29 is 18.7 Å². The van der Waals surface area contributed by atoms with E-state index in [-0.39, 0.29) is 16.3 Å². The number of carbonyl (C=O) groups is 2. The van der Waals surface area contributed by atoms with Gasteiger partial charge in [0.25, 0.3) is 11.5 Å². The first-order valence-corrected chi connectivity index (χ1v) is 8.39. The van der Waals surface area contributed by atoms with Gasteiger partial charge >= 0.3 is 11.7 Å². The van der Waals surface area contributed by atoms with Crippen LogP contribution in [-0.4, -0.2) is 27.1 Å². The summed E-state index contributed by atoms with van der Waals surface area (Å²) in [5.41, 5.74) is -0.824. The van der Waals surface area contributed by atoms with Gasteiger partial charge < -0.3 is 14.6 Å². The Morgan fingerprint density at radius 3 is 2.61 bits per heavy atom. The van der Waals surface area contributed by atoms with E-state index in [9.17, 15) is 23.6 Å². The van der Waals surface area contributed by atoms with E-state index in [1.165, 1.54) is 43.9 Å². The summed E-state index contributed by atoms with van der Waals surface area (Å²) in [6.07, 6.45) is 2.25. The number of halogens is 2. The van der Waals surface area contributed by atoms with Gasteiger partial charge in [-0.1, -0.05) is 11.6 Å². The van der Waals surface area contributed by atoms with Crippen molar-refractivity contribution in [3.05, 3.63) is 67.7 Å². The molecule has 148 valence electrons. The van der Waals surface area contributed by atoms with Crippen molar-refractivity contribution in [2.45, 2.75) is 13.0 Å². The summed E-state index contributed by atoms with van der Waals surface area (Å²) >= 11 is 5.82. The Bertz CT molecular complexity index is 1070. The second kappa shape index (κ2) is 8.66. The summed E-state index contributed by atoms with van der Waals surface area (Å²) in [4.78, 5) is 47.6. The third kappa shape index (κ3) is 4.95. The standard InChI is InChI=1S/C18H17ClFN3O5/c1-10(16(25)21-14-6-5-12(20)8-13(14)19)28-15(24)7-4-11-9-22(2)18(27)23(3)17(11)26/h4-10H,1-3H3,(H,21,25). The lowest BCUT2D eigenvalue weighted by molar-refractivity contribution is -0.148. The number of nitrogens with zero attached hydrogens (tertiary/aromatic N) is 2. The SMILES string of the molecule is CC(OC(=O)C=Cc1cn(C)c(=O)n(C)c1=O)C(=O)Nc1ccc(F)cc1Cl. The fourth-order valence-corrected chi connectivity index (χ4v) is 2.42. The van der Waals surface area contributed by atoms with Crippen LogP contribution in [0.2, 0.25) is 5.02 Å². The molecule has 0 aliphatic heterocycles. The molecule has 0 spiro atoms. The maximum Gasteiger partial charge on any atom is 0.331 e. The highest BCUT2D eigenvalue weighted by molar-refractivity contribution is 6.33. The van der Waals surface area contributed by atoms with Gasteiger partial charge in [-0.3, -0.25) is 14.2 Å². The van der Waals surface area contributed by atoms with Crippen LogP contribution in [-0.2, 0) is 28.4 Å². The molecule has 0 saturated carbocycles. The largest absolute Gasteiger partial charge is 0.449 e. The molecule has 1 heterocycles. The van der Waals surface area contributed by atoms with E-state index >= 15 is 0 Å².